The van der Waals surface area contributed by atoms with E-state index in [1.165, 1.54) is 0 Å². The Labute approximate surface area is 188 Å². The molecule has 2 aromatic carbocycles. The van der Waals surface area contributed by atoms with Gasteiger partial charge in [0.15, 0.2) is 5.11 Å². The molecule has 0 aliphatic rings. The zero-order valence-corrected chi connectivity index (χ0v) is 19.0. The minimum Gasteiger partial charge on any atom is -0.491 e. The molecule has 0 fully saturated rings. The lowest BCUT2D eigenvalue weighted by molar-refractivity contribution is -0.128. The molecule has 0 spiro atoms. The van der Waals surface area contributed by atoms with E-state index in [2.05, 4.69) is 10.6 Å². The quantitative estimate of drug-likeness (QED) is 0.434. The molecule has 31 heavy (non-hydrogen) atoms. The van der Waals surface area contributed by atoms with Crippen molar-refractivity contribution in [3.63, 3.8) is 0 Å². The van der Waals surface area contributed by atoms with Gasteiger partial charge in [0, 0.05) is 38.4 Å². The van der Waals surface area contributed by atoms with Crippen LogP contribution >= 0.6 is 12.2 Å². The van der Waals surface area contributed by atoms with Crippen LogP contribution in [0.2, 0.25) is 0 Å². The van der Waals surface area contributed by atoms with E-state index in [0.717, 1.165) is 11.3 Å². The van der Waals surface area contributed by atoms with E-state index in [4.69, 9.17) is 21.7 Å². The first-order chi connectivity index (χ1) is 14.9. The molecular weight excluding hydrogens is 414 g/mol. The third-order valence-electron chi connectivity index (χ3n) is 4.36. The van der Waals surface area contributed by atoms with E-state index in [1.807, 2.05) is 31.2 Å². The van der Waals surface area contributed by atoms with Crippen molar-refractivity contribution >= 4 is 34.8 Å². The lowest BCUT2D eigenvalue weighted by atomic mass is 10.1. The molecule has 0 heterocycles. The van der Waals surface area contributed by atoms with Crippen LogP contribution in [0, 0.1) is 0 Å². The van der Waals surface area contributed by atoms with Crippen molar-refractivity contribution in [2.24, 2.45) is 0 Å². The molecule has 0 atom stereocenters. The maximum absolute atomic E-state index is 12.4. The van der Waals surface area contributed by atoms with Gasteiger partial charge in [-0.1, -0.05) is 12.1 Å². The molecule has 0 unspecified atom stereocenters. The fourth-order valence-corrected chi connectivity index (χ4v) is 2.89. The molecule has 8 heteroatoms. The first-order valence-electron chi connectivity index (χ1n) is 10.1. The molecule has 166 valence electrons. The van der Waals surface area contributed by atoms with Crippen molar-refractivity contribution in [1.29, 1.82) is 0 Å². The number of amides is 2. The third kappa shape index (κ3) is 8.74. The highest BCUT2D eigenvalue weighted by Gasteiger charge is 2.09. The Morgan fingerprint density at radius 2 is 1.81 bits per heavy atom. The largest absolute Gasteiger partial charge is 0.491 e. The van der Waals surface area contributed by atoms with Gasteiger partial charge in [-0.3, -0.25) is 14.9 Å². The predicted octanol–water partition coefficient (Wildman–Crippen LogP) is 3.25. The van der Waals surface area contributed by atoms with Gasteiger partial charge in [-0.05, 0) is 67.5 Å². The smallest absolute Gasteiger partial charge is 0.257 e. The number of thiocarbonyl (C=S) groups is 1. The minimum absolute atomic E-state index is 0.0758. The lowest BCUT2D eigenvalue weighted by Gasteiger charge is -2.12. The number of hydrogen-bond acceptors (Lipinski definition) is 5. The Morgan fingerprint density at radius 1 is 1.06 bits per heavy atom. The number of ether oxygens (including phenoxy) is 2. The maximum Gasteiger partial charge on any atom is 0.257 e. The average Bonchev–Trinajstić information content (AvgIpc) is 2.75. The number of hydrogen-bond donors (Lipinski definition) is 2. The highest BCUT2D eigenvalue weighted by atomic mass is 32.1. The average molecular weight is 444 g/mol. The summed E-state index contributed by atoms with van der Waals surface area (Å²) in [6, 6.07) is 14.4. The fourth-order valence-electron chi connectivity index (χ4n) is 2.68. The van der Waals surface area contributed by atoms with Crippen molar-refractivity contribution in [3.8, 4) is 5.75 Å². The zero-order chi connectivity index (χ0) is 22.6. The van der Waals surface area contributed by atoms with Crippen LogP contribution in [0.3, 0.4) is 0 Å². The van der Waals surface area contributed by atoms with Gasteiger partial charge in [0.2, 0.25) is 5.91 Å². The fraction of sp³-hybridized carbons (Fsp3) is 0.348. The van der Waals surface area contributed by atoms with Crippen LogP contribution in [0.25, 0.3) is 0 Å². The van der Waals surface area contributed by atoms with Gasteiger partial charge in [0.1, 0.15) is 12.4 Å². The molecule has 7 nitrogen and oxygen atoms in total. The number of rotatable bonds is 10. The van der Waals surface area contributed by atoms with Crippen molar-refractivity contribution in [2.45, 2.75) is 19.8 Å². The molecule has 2 amide bonds. The van der Waals surface area contributed by atoms with Gasteiger partial charge < -0.3 is 19.7 Å². The van der Waals surface area contributed by atoms with Crippen LogP contribution in [0.15, 0.2) is 48.5 Å². The highest BCUT2D eigenvalue weighted by molar-refractivity contribution is 7.80. The van der Waals surface area contributed by atoms with Crippen LogP contribution in [-0.4, -0.2) is 55.7 Å². The van der Waals surface area contributed by atoms with Crippen LogP contribution in [0.5, 0.6) is 5.75 Å². The summed E-state index contributed by atoms with van der Waals surface area (Å²) in [4.78, 5) is 25.8. The number of benzene rings is 2. The standard InChI is InChI=1S/C23H29N3O4S/c1-4-29-14-15-30-20-11-9-18(10-12-20)22(28)25-23(31)24-19-7-5-6-17(16-19)8-13-21(27)26(2)3/h5-7,9-12,16H,4,8,13-15H2,1-3H3,(H2,24,25,28,31). The summed E-state index contributed by atoms with van der Waals surface area (Å²) in [5.74, 6) is 0.430. The number of carbonyl (C=O) groups is 2. The summed E-state index contributed by atoms with van der Waals surface area (Å²) in [6.45, 7) is 3.55. The molecule has 0 radical (unpaired) electrons. The normalized spacial score (nSPS) is 10.3. The molecule has 2 rings (SSSR count). The Kier molecular flexibility index (Phi) is 9.93. The van der Waals surface area contributed by atoms with Crippen LogP contribution < -0.4 is 15.4 Å². The van der Waals surface area contributed by atoms with Gasteiger partial charge in [0.25, 0.3) is 5.91 Å². The van der Waals surface area contributed by atoms with Gasteiger partial charge in [-0.2, -0.15) is 0 Å². The molecule has 0 aliphatic heterocycles. The molecule has 0 bridgehead atoms. The van der Waals surface area contributed by atoms with Crippen molar-refractivity contribution in [3.05, 3.63) is 59.7 Å². The van der Waals surface area contributed by atoms with Crippen molar-refractivity contribution in [2.75, 3.05) is 39.2 Å². The number of nitrogens with zero attached hydrogens (tertiary/aromatic N) is 1. The monoisotopic (exact) mass is 443 g/mol. The predicted molar refractivity (Wildman–Crippen MR) is 126 cm³/mol. The summed E-state index contributed by atoms with van der Waals surface area (Å²) in [5, 5.41) is 5.88. The second-order valence-electron chi connectivity index (χ2n) is 6.97. The highest BCUT2D eigenvalue weighted by Crippen LogP contribution is 2.14. The van der Waals surface area contributed by atoms with E-state index in [9.17, 15) is 9.59 Å². The van der Waals surface area contributed by atoms with Crippen LogP contribution in [-0.2, 0) is 16.0 Å². The lowest BCUT2D eigenvalue weighted by Crippen LogP contribution is -2.34. The van der Waals surface area contributed by atoms with Crippen molar-refractivity contribution in [1.82, 2.24) is 10.2 Å². The van der Waals surface area contributed by atoms with Gasteiger partial charge in [-0.25, -0.2) is 0 Å². The van der Waals surface area contributed by atoms with Crippen molar-refractivity contribution < 1.29 is 19.1 Å². The summed E-state index contributed by atoms with van der Waals surface area (Å²) in [7, 11) is 3.48. The molecule has 0 aliphatic carbocycles. The van der Waals surface area contributed by atoms with E-state index in [0.29, 0.717) is 44.0 Å². The van der Waals surface area contributed by atoms with E-state index >= 15 is 0 Å². The first-order valence-corrected chi connectivity index (χ1v) is 10.5. The van der Waals surface area contributed by atoms with E-state index in [1.54, 1.807) is 43.3 Å². The summed E-state index contributed by atoms with van der Waals surface area (Å²) < 4.78 is 10.8. The summed E-state index contributed by atoms with van der Waals surface area (Å²) in [5.41, 5.74) is 2.23. The van der Waals surface area contributed by atoms with Crippen LogP contribution in [0.1, 0.15) is 29.3 Å². The Morgan fingerprint density at radius 3 is 2.48 bits per heavy atom. The summed E-state index contributed by atoms with van der Waals surface area (Å²) in [6.07, 6.45) is 1.06. The number of anilines is 1. The van der Waals surface area contributed by atoms with Gasteiger partial charge >= 0.3 is 0 Å². The first kappa shape index (κ1) is 24.3. The van der Waals surface area contributed by atoms with Gasteiger partial charge in [-0.15, -0.1) is 0 Å². The van der Waals surface area contributed by atoms with Crippen LogP contribution in [0.4, 0.5) is 5.69 Å². The van der Waals surface area contributed by atoms with Gasteiger partial charge in [0.05, 0.1) is 6.61 Å². The molecular formula is C23H29N3O4S. The molecule has 0 saturated carbocycles. The van der Waals surface area contributed by atoms with E-state index < -0.39 is 0 Å². The zero-order valence-electron chi connectivity index (χ0n) is 18.1. The third-order valence-corrected chi connectivity index (χ3v) is 4.56. The number of carbonyl (C=O) groups excluding carboxylic acids is 2. The Bertz CT molecular complexity index is 885. The SMILES string of the molecule is CCOCCOc1ccc(C(=O)NC(=S)Nc2cccc(CCC(=O)N(C)C)c2)cc1. The Hall–Kier alpha value is -2.97. The Balaban J connectivity index is 1.84. The maximum atomic E-state index is 12.4. The number of nitrogens with one attached hydrogen (secondary N) is 2. The molecule has 2 N–H and O–H groups in total. The van der Waals surface area contributed by atoms with E-state index in [-0.39, 0.29) is 16.9 Å². The molecule has 2 aromatic rings. The second-order valence-corrected chi connectivity index (χ2v) is 7.37. The number of aryl methyl sites for hydroxylation is 1. The minimum atomic E-state index is -0.314. The molecule has 0 aromatic heterocycles. The molecule has 0 saturated heterocycles. The topological polar surface area (TPSA) is 79.9 Å². The summed E-state index contributed by atoms with van der Waals surface area (Å²) >= 11 is 5.26. The second kappa shape index (κ2) is 12.7.